The van der Waals surface area contributed by atoms with Gasteiger partial charge in [-0.2, -0.15) is 0 Å². The van der Waals surface area contributed by atoms with Crippen molar-refractivity contribution in [3.8, 4) is 5.75 Å². The van der Waals surface area contributed by atoms with Gasteiger partial charge in [0.15, 0.2) is 0 Å². The fourth-order valence-electron chi connectivity index (χ4n) is 3.25. The standard InChI is InChI=1S/C21H20ClN3O2/c22-17-8-6-15(7-9-17)13-24-21(26)25-12-10-18(14-25)27-19-5-1-3-16-4-2-11-23-20(16)19/h1-9,11,18H,10,12-14H2,(H,24,26). The summed E-state index contributed by atoms with van der Waals surface area (Å²) >= 11 is 5.88. The molecule has 1 atom stereocenters. The van der Waals surface area contributed by atoms with Gasteiger partial charge >= 0.3 is 6.03 Å². The van der Waals surface area contributed by atoms with Crippen LogP contribution in [0.25, 0.3) is 10.9 Å². The third-order valence-electron chi connectivity index (χ3n) is 4.68. The van der Waals surface area contributed by atoms with E-state index in [-0.39, 0.29) is 12.1 Å². The van der Waals surface area contributed by atoms with Gasteiger partial charge in [0.1, 0.15) is 17.4 Å². The second-order valence-electron chi connectivity index (χ2n) is 6.59. The third-order valence-corrected chi connectivity index (χ3v) is 4.93. The molecule has 0 radical (unpaired) electrons. The molecule has 27 heavy (non-hydrogen) atoms. The normalized spacial score (nSPS) is 16.5. The maximum Gasteiger partial charge on any atom is 0.317 e. The first-order chi connectivity index (χ1) is 13.2. The van der Waals surface area contributed by atoms with Gasteiger partial charge in [0.25, 0.3) is 0 Å². The fraction of sp³-hybridized carbons (Fsp3) is 0.238. The van der Waals surface area contributed by atoms with Gasteiger partial charge in [0, 0.05) is 36.1 Å². The van der Waals surface area contributed by atoms with Crippen LogP contribution in [0, 0.1) is 0 Å². The number of carbonyl (C=O) groups excluding carboxylic acids is 1. The summed E-state index contributed by atoms with van der Waals surface area (Å²) in [5, 5.41) is 4.68. The van der Waals surface area contributed by atoms with Gasteiger partial charge in [-0.05, 0) is 29.8 Å². The summed E-state index contributed by atoms with van der Waals surface area (Å²) in [5.41, 5.74) is 1.87. The molecule has 5 nitrogen and oxygen atoms in total. The predicted molar refractivity (Wildman–Crippen MR) is 106 cm³/mol. The van der Waals surface area contributed by atoms with Crippen LogP contribution in [0.4, 0.5) is 4.79 Å². The highest BCUT2D eigenvalue weighted by Gasteiger charge is 2.28. The minimum absolute atomic E-state index is 0.0288. The number of nitrogens with zero attached hydrogens (tertiary/aromatic N) is 2. The lowest BCUT2D eigenvalue weighted by Crippen LogP contribution is -2.39. The van der Waals surface area contributed by atoms with Crippen LogP contribution < -0.4 is 10.1 Å². The first-order valence-corrected chi connectivity index (χ1v) is 9.34. The number of pyridine rings is 1. The summed E-state index contributed by atoms with van der Waals surface area (Å²) in [6, 6.07) is 17.2. The molecular weight excluding hydrogens is 362 g/mol. The number of aromatic nitrogens is 1. The van der Waals surface area contributed by atoms with Crippen LogP contribution in [0.3, 0.4) is 0 Å². The van der Waals surface area contributed by atoms with Crippen molar-refractivity contribution in [1.82, 2.24) is 15.2 Å². The molecule has 0 aliphatic carbocycles. The van der Waals surface area contributed by atoms with Crippen molar-refractivity contribution in [3.63, 3.8) is 0 Å². The number of fused-ring (bicyclic) bond motifs is 1. The molecule has 0 saturated carbocycles. The van der Waals surface area contributed by atoms with Gasteiger partial charge < -0.3 is 15.0 Å². The molecule has 2 aromatic carbocycles. The van der Waals surface area contributed by atoms with Crippen LogP contribution in [0.1, 0.15) is 12.0 Å². The minimum Gasteiger partial charge on any atom is -0.486 e. The highest BCUT2D eigenvalue weighted by atomic mass is 35.5. The molecule has 0 spiro atoms. The number of ether oxygens (including phenoxy) is 1. The molecule has 1 N–H and O–H groups in total. The Morgan fingerprint density at radius 2 is 2.00 bits per heavy atom. The topological polar surface area (TPSA) is 54.5 Å². The molecule has 4 rings (SSSR count). The number of halogens is 1. The first kappa shape index (κ1) is 17.6. The molecule has 1 aliphatic heterocycles. The predicted octanol–water partition coefficient (Wildman–Crippen LogP) is 4.25. The van der Waals surface area contributed by atoms with E-state index < -0.39 is 0 Å². The summed E-state index contributed by atoms with van der Waals surface area (Å²) < 4.78 is 6.15. The van der Waals surface area contributed by atoms with E-state index in [0.29, 0.717) is 24.7 Å². The Kier molecular flexibility index (Phi) is 5.12. The number of nitrogens with one attached hydrogen (secondary N) is 1. The number of rotatable bonds is 4. The monoisotopic (exact) mass is 381 g/mol. The van der Waals surface area contributed by atoms with Gasteiger partial charge in [-0.3, -0.25) is 4.98 Å². The zero-order chi connectivity index (χ0) is 18.6. The quantitative estimate of drug-likeness (QED) is 0.735. The van der Waals surface area contributed by atoms with E-state index in [1.807, 2.05) is 54.6 Å². The number of amides is 2. The van der Waals surface area contributed by atoms with Crippen LogP contribution >= 0.6 is 11.6 Å². The van der Waals surface area contributed by atoms with Gasteiger partial charge in [-0.25, -0.2) is 4.79 Å². The molecular formula is C21H20ClN3O2. The Labute approximate surface area is 162 Å². The largest absolute Gasteiger partial charge is 0.486 e. The number of para-hydroxylation sites is 1. The molecule has 1 fully saturated rings. The van der Waals surface area contributed by atoms with Crippen LogP contribution in [0.2, 0.25) is 5.02 Å². The Balaban J connectivity index is 1.34. The van der Waals surface area contributed by atoms with E-state index >= 15 is 0 Å². The first-order valence-electron chi connectivity index (χ1n) is 8.97. The van der Waals surface area contributed by atoms with Crippen LogP contribution in [-0.2, 0) is 6.54 Å². The molecule has 1 saturated heterocycles. The molecule has 1 unspecified atom stereocenters. The number of hydrogen-bond donors (Lipinski definition) is 1. The molecule has 6 heteroatoms. The number of benzene rings is 2. The van der Waals surface area contributed by atoms with E-state index in [0.717, 1.165) is 28.6 Å². The molecule has 0 bridgehead atoms. The van der Waals surface area contributed by atoms with E-state index in [2.05, 4.69) is 10.3 Å². The number of carbonyl (C=O) groups is 1. The smallest absolute Gasteiger partial charge is 0.317 e. The van der Waals surface area contributed by atoms with Crippen molar-refractivity contribution in [2.45, 2.75) is 19.1 Å². The number of urea groups is 1. The van der Waals surface area contributed by atoms with Crippen LogP contribution in [0.15, 0.2) is 60.8 Å². The molecule has 2 heterocycles. The van der Waals surface area contributed by atoms with E-state index in [1.54, 1.807) is 11.1 Å². The van der Waals surface area contributed by atoms with Gasteiger partial charge in [-0.15, -0.1) is 0 Å². The zero-order valence-electron chi connectivity index (χ0n) is 14.8. The summed E-state index contributed by atoms with van der Waals surface area (Å²) in [6.07, 6.45) is 2.54. The van der Waals surface area contributed by atoms with Crippen molar-refractivity contribution >= 4 is 28.5 Å². The zero-order valence-corrected chi connectivity index (χ0v) is 15.5. The summed E-state index contributed by atoms with van der Waals surface area (Å²) in [6.45, 7) is 1.72. The molecule has 138 valence electrons. The van der Waals surface area contributed by atoms with E-state index in [1.165, 1.54) is 0 Å². The second-order valence-corrected chi connectivity index (χ2v) is 7.03. The summed E-state index contributed by atoms with van der Waals surface area (Å²) in [7, 11) is 0. The van der Waals surface area contributed by atoms with Gasteiger partial charge in [-0.1, -0.05) is 41.9 Å². The average Bonchev–Trinajstić information content (AvgIpc) is 3.16. The van der Waals surface area contributed by atoms with Gasteiger partial charge in [0.2, 0.25) is 0 Å². The Bertz CT molecular complexity index is 940. The second kappa shape index (κ2) is 7.84. The molecule has 3 aromatic rings. The molecule has 2 amide bonds. The number of likely N-dealkylation sites (tertiary alicyclic amines) is 1. The Morgan fingerprint density at radius 1 is 1.19 bits per heavy atom. The lowest BCUT2D eigenvalue weighted by atomic mass is 10.2. The summed E-state index contributed by atoms with van der Waals surface area (Å²) in [5.74, 6) is 0.765. The van der Waals surface area contributed by atoms with E-state index in [4.69, 9.17) is 16.3 Å². The SMILES string of the molecule is O=C(NCc1ccc(Cl)cc1)N1CCC(Oc2cccc3cccnc23)C1. The van der Waals surface area contributed by atoms with E-state index in [9.17, 15) is 4.79 Å². The number of hydrogen-bond acceptors (Lipinski definition) is 3. The van der Waals surface area contributed by atoms with Crippen molar-refractivity contribution < 1.29 is 9.53 Å². The minimum atomic E-state index is -0.0768. The maximum atomic E-state index is 12.4. The maximum absolute atomic E-state index is 12.4. The van der Waals surface area contributed by atoms with Gasteiger partial charge in [0.05, 0.1) is 6.54 Å². The van der Waals surface area contributed by atoms with Crippen molar-refractivity contribution in [2.24, 2.45) is 0 Å². The average molecular weight is 382 g/mol. The van der Waals surface area contributed by atoms with Crippen molar-refractivity contribution in [3.05, 3.63) is 71.4 Å². The fourth-order valence-corrected chi connectivity index (χ4v) is 3.38. The molecule has 1 aliphatic rings. The highest BCUT2D eigenvalue weighted by Crippen LogP contribution is 2.26. The van der Waals surface area contributed by atoms with Crippen molar-refractivity contribution in [2.75, 3.05) is 13.1 Å². The highest BCUT2D eigenvalue weighted by molar-refractivity contribution is 6.30. The van der Waals surface area contributed by atoms with Crippen LogP contribution in [0.5, 0.6) is 5.75 Å². The molecule has 1 aromatic heterocycles. The lowest BCUT2D eigenvalue weighted by Gasteiger charge is -2.18. The summed E-state index contributed by atoms with van der Waals surface area (Å²) in [4.78, 5) is 18.6. The third kappa shape index (κ3) is 4.14. The Morgan fingerprint density at radius 3 is 2.85 bits per heavy atom. The van der Waals surface area contributed by atoms with Crippen molar-refractivity contribution in [1.29, 1.82) is 0 Å². The lowest BCUT2D eigenvalue weighted by molar-refractivity contribution is 0.187. The van der Waals surface area contributed by atoms with Crippen LogP contribution in [-0.4, -0.2) is 35.1 Å². The Hall–Kier alpha value is -2.79.